The summed E-state index contributed by atoms with van der Waals surface area (Å²) >= 11 is 0. The molecule has 0 heterocycles. The van der Waals surface area contributed by atoms with Crippen LogP contribution in [0.5, 0.6) is 0 Å². The molecule has 114 valence electrons. The first-order valence-corrected chi connectivity index (χ1v) is 7.94. The van der Waals surface area contributed by atoms with Crippen LogP contribution >= 0.6 is 0 Å². The molecule has 2 atom stereocenters. The number of carbonyl (C=O) groups is 2. The zero-order valence-corrected chi connectivity index (χ0v) is 12.0. The number of sulfonamides is 1. The molecule has 1 aliphatic carbocycles. The van der Waals surface area contributed by atoms with Crippen LogP contribution in [0.1, 0.15) is 29.6 Å². The van der Waals surface area contributed by atoms with Crippen LogP contribution in [-0.2, 0) is 14.8 Å². The minimum atomic E-state index is -3.80. The quantitative estimate of drug-likeness (QED) is 0.721. The number of rotatable bonds is 5. The lowest BCUT2D eigenvalue weighted by Gasteiger charge is -2.18. The zero-order valence-electron chi connectivity index (χ0n) is 11.2. The Bertz CT molecular complexity index is 654. The van der Waals surface area contributed by atoms with E-state index in [4.69, 9.17) is 10.8 Å². The van der Waals surface area contributed by atoms with Gasteiger partial charge >= 0.3 is 5.97 Å². The van der Waals surface area contributed by atoms with Gasteiger partial charge in [0.25, 0.3) is 0 Å². The van der Waals surface area contributed by atoms with Gasteiger partial charge in [-0.1, -0.05) is 6.42 Å². The number of benzene rings is 1. The van der Waals surface area contributed by atoms with E-state index in [1.54, 1.807) is 0 Å². The van der Waals surface area contributed by atoms with E-state index in [1.165, 1.54) is 24.3 Å². The first-order chi connectivity index (χ1) is 9.81. The molecular weight excluding hydrogens is 296 g/mol. The van der Waals surface area contributed by atoms with Crippen LogP contribution in [0.4, 0.5) is 0 Å². The number of hydrogen-bond donors (Lipinski definition) is 3. The highest BCUT2D eigenvalue weighted by Crippen LogP contribution is 2.26. The third kappa shape index (κ3) is 3.40. The number of amides is 1. The van der Waals surface area contributed by atoms with E-state index in [0.717, 1.165) is 6.42 Å². The van der Waals surface area contributed by atoms with E-state index in [0.29, 0.717) is 12.8 Å². The summed E-state index contributed by atoms with van der Waals surface area (Å²) in [5, 5.41) is 8.79. The van der Waals surface area contributed by atoms with Gasteiger partial charge in [0, 0.05) is 6.04 Å². The summed E-state index contributed by atoms with van der Waals surface area (Å²) in [6.45, 7) is 0. The molecule has 0 aliphatic heterocycles. The van der Waals surface area contributed by atoms with Crippen molar-refractivity contribution in [2.45, 2.75) is 30.2 Å². The van der Waals surface area contributed by atoms with Crippen LogP contribution in [0.3, 0.4) is 0 Å². The number of aromatic carboxylic acids is 1. The number of primary amides is 1. The van der Waals surface area contributed by atoms with Gasteiger partial charge in [-0.2, -0.15) is 0 Å². The zero-order chi connectivity index (χ0) is 15.6. The lowest BCUT2D eigenvalue weighted by molar-refractivity contribution is -0.122. The van der Waals surface area contributed by atoms with Crippen LogP contribution in [0, 0.1) is 5.92 Å². The second-order valence-corrected chi connectivity index (χ2v) is 6.71. The average Bonchev–Trinajstić information content (AvgIpc) is 2.86. The summed E-state index contributed by atoms with van der Waals surface area (Å²) in [5.41, 5.74) is 5.26. The van der Waals surface area contributed by atoms with Crippen LogP contribution in [0.15, 0.2) is 29.2 Å². The highest BCUT2D eigenvalue weighted by molar-refractivity contribution is 7.89. The van der Waals surface area contributed by atoms with E-state index >= 15 is 0 Å². The molecule has 8 heteroatoms. The number of carbonyl (C=O) groups excluding carboxylic acids is 1. The maximum absolute atomic E-state index is 12.2. The second-order valence-electron chi connectivity index (χ2n) is 5.00. The van der Waals surface area contributed by atoms with Gasteiger partial charge in [0.1, 0.15) is 0 Å². The molecular formula is C13H16N2O5S. The van der Waals surface area contributed by atoms with Crippen molar-refractivity contribution < 1.29 is 23.1 Å². The molecule has 1 aromatic carbocycles. The Hall–Kier alpha value is -1.93. The lowest BCUT2D eigenvalue weighted by atomic mass is 10.0. The predicted octanol–water partition coefficient (Wildman–Crippen LogP) is 0.317. The Morgan fingerprint density at radius 3 is 2.33 bits per heavy atom. The van der Waals surface area contributed by atoms with Gasteiger partial charge in [0.2, 0.25) is 15.9 Å². The van der Waals surface area contributed by atoms with Crippen molar-refractivity contribution in [3.05, 3.63) is 29.8 Å². The molecule has 1 fully saturated rings. The third-order valence-corrected chi connectivity index (χ3v) is 5.11. The van der Waals surface area contributed by atoms with Crippen LogP contribution in [0.2, 0.25) is 0 Å². The monoisotopic (exact) mass is 312 g/mol. The van der Waals surface area contributed by atoms with Crippen LogP contribution in [0.25, 0.3) is 0 Å². The minimum absolute atomic E-state index is 0.00447. The fourth-order valence-corrected chi connectivity index (χ4v) is 3.80. The largest absolute Gasteiger partial charge is 0.478 e. The third-order valence-electron chi connectivity index (χ3n) is 3.60. The molecule has 0 radical (unpaired) electrons. The molecule has 21 heavy (non-hydrogen) atoms. The summed E-state index contributed by atoms with van der Waals surface area (Å²) in [6, 6.07) is 4.38. The standard InChI is InChI=1S/C13H16N2O5S/c14-12(16)10-2-1-3-11(10)15-21(19,20)9-6-4-8(5-7-9)13(17)18/h4-7,10-11,15H,1-3H2,(H2,14,16)(H,17,18)/t10-,11+/m0/s1. The Morgan fingerprint density at radius 1 is 1.19 bits per heavy atom. The van der Waals surface area contributed by atoms with E-state index in [2.05, 4.69) is 4.72 Å². The topological polar surface area (TPSA) is 127 Å². The summed E-state index contributed by atoms with van der Waals surface area (Å²) in [6.07, 6.45) is 1.86. The first-order valence-electron chi connectivity index (χ1n) is 6.46. The molecule has 7 nitrogen and oxygen atoms in total. The summed E-state index contributed by atoms with van der Waals surface area (Å²) in [7, 11) is -3.80. The van der Waals surface area contributed by atoms with Crippen molar-refractivity contribution in [1.82, 2.24) is 4.72 Å². The van der Waals surface area contributed by atoms with Crippen molar-refractivity contribution in [2.24, 2.45) is 11.7 Å². The van der Waals surface area contributed by atoms with Gasteiger partial charge < -0.3 is 10.8 Å². The summed E-state index contributed by atoms with van der Waals surface area (Å²) < 4.78 is 26.9. The molecule has 0 unspecified atom stereocenters. The Kier molecular flexibility index (Phi) is 4.29. The average molecular weight is 312 g/mol. The predicted molar refractivity (Wildman–Crippen MR) is 74.0 cm³/mol. The number of nitrogens with one attached hydrogen (secondary N) is 1. The van der Waals surface area contributed by atoms with Crippen LogP contribution in [-0.4, -0.2) is 31.4 Å². The lowest BCUT2D eigenvalue weighted by Crippen LogP contribution is -2.42. The van der Waals surface area contributed by atoms with Crippen molar-refractivity contribution in [1.29, 1.82) is 0 Å². The van der Waals surface area contributed by atoms with Crippen molar-refractivity contribution in [3.63, 3.8) is 0 Å². The molecule has 0 saturated heterocycles. The molecule has 1 aliphatic rings. The molecule has 2 rings (SSSR count). The van der Waals surface area contributed by atoms with Gasteiger partial charge in [-0.3, -0.25) is 4.79 Å². The maximum Gasteiger partial charge on any atom is 0.335 e. The normalized spacial score (nSPS) is 22.1. The number of carboxylic acids is 1. The SMILES string of the molecule is NC(=O)[C@H]1CCC[C@H]1NS(=O)(=O)c1ccc(C(=O)O)cc1. The maximum atomic E-state index is 12.2. The highest BCUT2D eigenvalue weighted by Gasteiger charge is 2.34. The van der Waals surface area contributed by atoms with E-state index < -0.39 is 33.9 Å². The van der Waals surface area contributed by atoms with Crippen molar-refractivity contribution >= 4 is 21.9 Å². The molecule has 4 N–H and O–H groups in total. The molecule has 1 saturated carbocycles. The van der Waals surface area contributed by atoms with Gasteiger partial charge in [0.15, 0.2) is 0 Å². The van der Waals surface area contributed by atoms with Gasteiger partial charge in [-0.15, -0.1) is 0 Å². The fourth-order valence-electron chi connectivity index (χ4n) is 2.49. The Morgan fingerprint density at radius 2 is 1.81 bits per heavy atom. The van der Waals surface area contributed by atoms with Gasteiger partial charge in [0.05, 0.1) is 16.4 Å². The smallest absolute Gasteiger partial charge is 0.335 e. The Balaban J connectivity index is 2.18. The number of carboxylic acid groups (broad SMARTS) is 1. The van der Waals surface area contributed by atoms with Crippen molar-refractivity contribution in [3.8, 4) is 0 Å². The van der Waals surface area contributed by atoms with E-state index in [-0.39, 0.29) is 10.5 Å². The molecule has 0 spiro atoms. The van der Waals surface area contributed by atoms with Crippen molar-refractivity contribution in [2.75, 3.05) is 0 Å². The van der Waals surface area contributed by atoms with E-state index in [9.17, 15) is 18.0 Å². The molecule has 1 aromatic rings. The minimum Gasteiger partial charge on any atom is -0.478 e. The van der Waals surface area contributed by atoms with E-state index in [1.807, 2.05) is 0 Å². The van der Waals surface area contributed by atoms with Crippen LogP contribution < -0.4 is 10.5 Å². The second kappa shape index (κ2) is 5.82. The van der Waals surface area contributed by atoms with Gasteiger partial charge in [-0.25, -0.2) is 17.9 Å². The summed E-state index contributed by atoms with van der Waals surface area (Å²) in [4.78, 5) is 22.0. The fraction of sp³-hybridized carbons (Fsp3) is 0.385. The van der Waals surface area contributed by atoms with Gasteiger partial charge in [-0.05, 0) is 37.1 Å². The Labute approximate surface area is 122 Å². The highest BCUT2D eigenvalue weighted by atomic mass is 32.2. The molecule has 1 amide bonds. The first kappa shape index (κ1) is 15.5. The number of hydrogen-bond acceptors (Lipinski definition) is 4. The number of nitrogens with two attached hydrogens (primary N) is 1. The molecule has 0 aromatic heterocycles. The molecule has 0 bridgehead atoms. The summed E-state index contributed by atoms with van der Waals surface area (Å²) in [5.74, 6) is -2.14.